The summed E-state index contributed by atoms with van der Waals surface area (Å²) in [6, 6.07) is 7.62. The molecule has 8 nitrogen and oxygen atoms in total. The van der Waals surface area contributed by atoms with Crippen molar-refractivity contribution in [3.63, 3.8) is 0 Å². The highest BCUT2D eigenvalue weighted by Crippen LogP contribution is 2.21. The number of nitrogens with one attached hydrogen (secondary N) is 1. The third-order valence-electron chi connectivity index (χ3n) is 4.25. The maximum absolute atomic E-state index is 12.5. The second kappa shape index (κ2) is 7.47. The lowest BCUT2D eigenvalue weighted by Gasteiger charge is -2.31. The van der Waals surface area contributed by atoms with E-state index >= 15 is 0 Å². The van der Waals surface area contributed by atoms with Crippen LogP contribution in [0.1, 0.15) is 26.3 Å². The average Bonchev–Trinajstić information content (AvgIpc) is 3.28. The number of hydrogen-bond donors (Lipinski definition) is 1. The molecule has 1 unspecified atom stereocenters. The molecule has 8 heteroatoms. The number of carbonyl (C=O) groups is 1. The van der Waals surface area contributed by atoms with Crippen LogP contribution in [0.15, 0.2) is 49.3 Å². The number of imidazole rings is 1. The van der Waals surface area contributed by atoms with Crippen molar-refractivity contribution < 1.29 is 4.79 Å². The Morgan fingerprint density at radius 2 is 1.96 bits per heavy atom. The molecule has 0 bridgehead atoms. The number of benzene rings is 1. The molecule has 136 valence electrons. The zero-order valence-electron chi connectivity index (χ0n) is 15.2. The molecule has 0 aliphatic rings. The molecule has 1 amide bonds. The molecule has 0 aliphatic carbocycles. The number of amides is 1. The first-order chi connectivity index (χ1) is 12.4. The first-order valence-corrected chi connectivity index (χ1v) is 8.49. The molecule has 0 saturated carbocycles. The molecule has 0 aliphatic heterocycles. The summed E-state index contributed by atoms with van der Waals surface area (Å²) in [5.41, 5.74) is 1.73. The van der Waals surface area contributed by atoms with Crippen LogP contribution >= 0.6 is 0 Å². The molecule has 3 rings (SSSR count). The maximum Gasteiger partial charge on any atom is 0.224 e. The summed E-state index contributed by atoms with van der Waals surface area (Å²) in [4.78, 5) is 16.6. The Morgan fingerprint density at radius 1 is 1.19 bits per heavy atom. The van der Waals surface area contributed by atoms with Gasteiger partial charge in [-0.2, -0.15) is 0 Å². The van der Waals surface area contributed by atoms with Crippen molar-refractivity contribution in [2.24, 2.45) is 5.41 Å². The molecule has 2 aromatic heterocycles. The second-order valence-corrected chi connectivity index (χ2v) is 7.34. The Morgan fingerprint density at radius 3 is 2.54 bits per heavy atom. The number of nitrogens with zero attached hydrogens (tertiary/aromatic N) is 6. The predicted molar refractivity (Wildman–Crippen MR) is 96.5 cm³/mol. The van der Waals surface area contributed by atoms with Crippen molar-refractivity contribution in [3.8, 4) is 5.69 Å². The van der Waals surface area contributed by atoms with Gasteiger partial charge in [-0.15, -0.1) is 5.10 Å². The Bertz CT molecular complexity index is 818. The fourth-order valence-corrected chi connectivity index (χ4v) is 2.62. The lowest BCUT2D eigenvalue weighted by Crippen LogP contribution is -2.46. The summed E-state index contributed by atoms with van der Waals surface area (Å²) in [7, 11) is 0. The fourth-order valence-electron chi connectivity index (χ4n) is 2.62. The van der Waals surface area contributed by atoms with Gasteiger partial charge in [-0.25, -0.2) is 9.67 Å². The first kappa shape index (κ1) is 17.8. The largest absolute Gasteiger partial charge is 0.351 e. The van der Waals surface area contributed by atoms with Gasteiger partial charge in [-0.1, -0.05) is 32.9 Å². The molecule has 1 N–H and O–H groups in total. The van der Waals surface area contributed by atoms with Gasteiger partial charge >= 0.3 is 0 Å². The molecule has 0 saturated heterocycles. The van der Waals surface area contributed by atoms with Crippen LogP contribution in [-0.4, -0.2) is 41.7 Å². The minimum atomic E-state index is -0.0656. The monoisotopic (exact) mass is 353 g/mol. The summed E-state index contributed by atoms with van der Waals surface area (Å²) in [6.45, 7) is 7.05. The van der Waals surface area contributed by atoms with E-state index in [1.807, 2.05) is 35.0 Å². The average molecular weight is 353 g/mol. The highest BCUT2D eigenvalue weighted by molar-refractivity contribution is 5.79. The number of carbonyl (C=O) groups excluding carboxylic acids is 1. The van der Waals surface area contributed by atoms with Gasteiger partial charge < -0.3 is 9.88 Å². The Hall–Kier alpha value is -3.03. The van der Waals surface area contributed by atoms with Gasteiger partial charge in [0.05, 0.1) is 24.5 Å². The number of rotatable bonds is 6. The van der Waals surface area contributed by atoms with Crippen LogP contribution < -0.4 is 5.32 Å². The van der Waals surface area contributed by atoms with Gasteiger partial charge in [-0.05, 0) is 33.5 Å². The molecular weight excluding hydrogens is 330 g/mol. The molecule has 1 atom stereocenters. The lowest BCUT2D eigenvalue weighted by molar-refractivity contribution is -0.122. The SMILES string of the molecule is CC(C)(C)C(Cn1ccnc1)NC(=O)Cc1ccc(-n2cnnn2)cc1. The highest BCUT2D eigenvalue weighted by atomic mass is 16.1. The zero-order valence-corrected chi connectivity index (χ0v) is 15.2. The minimum Gasteiger partial charge on any atom is -0.351 e. The van der Waals surface area contributed by atoms with Gasteiger partial charge in [0.25, 0.3) is 0 Å². The van der Waals surface area contributed by atoms with Gasteiger partial charge in [-0.3, -0.25) is 4.79 Å². The van der Waals surface area contributed by atoms with Crippen LogP contribution in [0.2, 0.25) is 0 Å². The lowest BCUT2D eigenvalue weighted by atomic mass is 9.86. The molecule has 0 radical (unpaired) electrons. The summed E-state index contributed by atoms with van der Waals surface area (Å²) in [5, 5.41) is 14.2. The topological polar surface area (TPSA) is 90.5 Å². The van der Waals surface area contributed by atoms with E-state index in [9.17, 15) is 4.79 Å². The molecule has 3 aromatic rings. The van der Waals surface area contributed by atoms with E-state index in [1.54, 1.807) is 17.2 Å². The van der Waals surface area contributed by atoms with Crippen LogP contribution in [0.25, 0.3) is 5.69 Å². The highest BCUT2D eigenvalue weighted by Gasteiger charge is 2.26. The van der Waals surface area contributed by atoms with Crippen LogP contribution in [0.5, 0.6) is 0 Å². The second-order valence-electron chi connectivity index (χ2n) is 7.34. The summed E-state index contributed by atoms with van der Waals surface area (Å²) < 4.78 is 3.56. The van der Waals surface area contributed by atoms with Gasteiger partial charge in [0.2, 0.25) is 5.91 Å². The Balaban J connectivity index is 1.62. The normalized spacial score (nSPS) is 12.7. The van der Waals surface area contributed by atoms with Crippen LogP contribution in [0.4, 0.5) is 0 Å². The molecule has 0 spiro atoms. The van der Waals surface area contributed by atoms with E-state index in [0.29, 0.717) is 13.0 Å². The minimum absolute atomic E-state index is 0.000197. The molecule has 26 heavy (non-hydrogen) atoms. The van der Waals surface area contributed by atoms with Crippen molar-refractivity contribution in [2.75, 3.05) is 0 Å². The maximum atomic E-state index is 12.5. The molecular formula is C18H23N7O. The van der Waals surface area contributed by atoms with E-state index in [-0.39, 0.29) is 17.4 Å². The fraction of sp³-hybridized carbons (Fsp3) is 0.389. The predicted octanol–water partition coefficient (Wildman–Crippen LogP) is 1.63. The Labute approximate surface area is 152 Å². The van der Waals surface area contributed by atoms with Crippen molar-refractivity contribution in [1.82, 2.24) is 35.1 Å². The van der Waals surface area contributed by atoms with Crippen LogP contribution in [0.3, 0.4) is 0 Å². The van der Waals surface area contributed by atoms with E-state index in [1.165, 1.54) is 6.33 Å². The van der Waals surface area contributed by atoms with Crippen molar-refractivity contribution in [3.05, 3.63) is 54.9 Å². The zero-order chi connectivity index (χ0) is 18.6. The number of tetrazole rings is 1. The molecule has 2 heterocycles. The van der Waals surface area contributed by atoms with E-state index in [4.69, 9.17) is 0 Å². The molecule has 1 aromatic carbocycles. The van der Waals surface area contributed by atoms with Gasteiger partial charge in [0, 0.05) is 18.9 Å². The quantitative estimate of drug-likeness (QED) is 0.727. The summed E-state index contributed by atoms with van der Waals surface area (Å²) in [6.07, 6.45) is 7.27. The van der Waals surface area contributed by atoms with Crippen LogP contribution in [0, 0.1) is 5.41 Å². The first-order valence-electron chi connectivity index (χ1n) is 8.49. The standard InChI is InChI=1S/C18H23N7O/c1-18(2,3)16(11-24-9-8-19-12-24)21-17(26)10-14-4-6-15(7-5-14)25-13-20-22-23-25/h4-9,12-13,16H,10-11H2,1-3H3,(H,21,26). The summed E-state index contributed by atoms with van der Waals surface area (Å²) >= 11 is 0. The van der Waals surface area contributed by atoms with Crippen molar-refractivity contribution in [2.45, 2.75) is 39.8 Å². The Kier molecular flexibility index (Phi) is 5.11. The van der Waals surface area contributed by atoms with E-state index in [2.05, 4.69) is 46.6 Å². The third kappa shape index (κ3) is 4.53. The van der Waals surface area contributed by atoms with Gasteiger partial charge in [0.1, 0.15) is 6.33 Å². The van der Waals surface area contributed by atoms with Crippen molar-refractivity contribution in [1.29, 1.82) is 0 Å². The smallest absolute Gasteiger partial charge is 0.224 e. The number of aromatic nitrogens is 6. The van der Waals surface area contributed by atoms with Crippen LogP contribution in [-0.2, 0) is 17.8 Å². The van der Waals surface area contributed by atoms with E-state index < -0.39 is 0 Å². The van der Waals surface area contributed by atoms with Crippen molar-refractivity contribution >= 4 is 5.91 Å². The van der Waals surface area contributed by atoms with Gasteiger partial charge in [0.15, 0.2) is 0 Å². The summed E-state index contributed by atoms with van der Waals surface area (Å²) in [5.74, 6) is 0.000197. The third-order valence-corrected chi connectivity index (χ3v) is 4.25. The molecule has 0 fully saturated rings. The number of hydrogen-bond acceptors (Lipinski definition) is 5. The van der Waals surface area contributed by atoms with E-state index in [0.717, 1.165) is 11.3 Å².